The summed E-state index contributed by atoms with van der Waals surface area (Å²) in [5.74, 6) is 0.788. The number of hydrogen-bond acceptors (Lipinski definition) is 4. The molecule has 0 radical (unpaired) electrons. The molecule has 0 bridgehead atoms. The van der Waals surface area contributed by atoms with Gasteiger partial charge in [0.15, 0.2) is 0 Å². The minimum Gasteiger partial charge on any atom is -0.481 e. The SMILES string of the molecule is O=C(O)CC1CSCCN1C(=O)Cc1csc2ccccc12. The van der Waals surface area contributed by atoms with E-state index in [0.717, 1.165) is 16.7 Å². The number of carbonyl (C=O) groups excluding carboxylic acids is 1. The summed E-state index contributed by atoms with van der Waals surface area (Å²) < 4.78 is 1.18. The van der Waals surface area contributed by atoms with Crippen LogP contribution >= 0.6 is 23.1 Å². The number of carbonyl (C=O) groups is 2. The van der Waals surface area contributed by atoms with Gasteiger partial charge in [0, 0.05) is 22.8 Å². The molecule has 2 heterocycles. The van der Waals surface area contributed by atoms with Crippen LogP contribution in [0.15, 0.2) is 29.6 Å². The third kappa shape index (κ3) is 3.28. The maximum atomic E-state index is 12.6. The van der Waals surface area contributed by atoms with Gasteiger partial charge in [-0.3, -0.25) is 9.59 Å². The van der Waals surface area contributed by atoms with E-state index in [9.17, 15) is 9.59 Å². The van der Waals surface area contributed by atoms with Crippen molar-refractivity contribution >= 4 is 45.1 Å². The summed E-state index contributed by atoms with van der Waals surface area (Å²) in [6.45, 7) is 0.642. The van der Waals surface area contributed by atoms with Crippen molar-refractivity contribution in [3.05, 3.63) is 35.2 Å². The number of nitrogens with zero attached hydrogens (tertiary/aromatic N) is 1. The number of carboxylic acid groups (broad SMARTS) is 1. The lowest BCUT2D eigenvalue weighted by molar-refractivity contribution is -0.140. The zero-order chi connectivity index (χ0) is 15.5. The number of aliphatic carboxylic acids is 1. The first-order chi connectivity index (χ1) is 10.6. The fraction of sp³-hybridized carbons (Fsp3) is 0.375. The number of amides is 1. The molecule has 1 N–H and O–H groups in total. The second kappa shape index (κ2) is 6.71. The summed E-state index contributed by atoms with van der Waals surface area (Å²) in [4.78, 5) is 25.4. The van der Waals surface area contributed by atoms with Crippen LogP contribution in [0.1, 0.15) is 12.0 Å². The van der Waals surface area contributed by atoms with Crippen molar-refractivity contribution < 1.29 is 14.7 Å². The lowest BCUT2D eigenvalue weighted by atomic mass is 10.1. The van der Waals surface area contributed by atoms with Crippen molar-refractivity contribution in [2.45, 2.75) is 18.9 Å². The fourth-order valence-corrected chi connectivity index (χ4v) is 4.81. The predicted octanol–water partition coefficient (Wildman–Crippen LogP) is 2.86. The van der Waals surface area contributed by atoms with Gasteiger partial charge >= 0.3 is 5.97 Å². The molecule has 1 aliphatic heterocycles. The Hall–Kier alpha value is -1.53. The monoisotopic (exact) mass is 335 g/mol. The highest BCUT2D eigenvalue weighted by Gasteiger charge is 2.29. The molecule has 1 atom stereocenters. The Morgan fingerprint density at radius 2 is 2.14 bits per heavy atom. The van der Waals surface area contributed by atoms with Crippen LogP contribution < -0.4 is 0 Å². The van der Waals surface area contributed by atoms with Crippen molar-refractivity contribution in [2.24, 2.45) is 0 Å². The van der Waals surface area contributed by atoms with Crippen molar-refractivity contribution in [2.75, 3.05) is 18.1 Å². The molecule has 1 amide bonds. The first-order valence-corrected chi connectivity index (χ1v) is 9.22. The van der Waals surface area contributed by atoms with Crippen molar-refractivity contribution in [3.8, 4) is 0 Å². The van der Waals surface area contributed by atoms with E-state index in [0.29, 0.717) is 18.7 Å². The smallest absolute Gasteiger partial charge is 0.305 e. The van der Waals surface area contributed by atoms with Gasteiger partial charge in [-0.25, -0.2) is 0 Å². The highest BCUT2D eigenvalue weighted by molar-refractivity contribution is 7.99. The summed E-state index contributed by atoms with van der Waals surface area (Å²) in [6.07, 6.45) is 0.383. The third-order valence-electron chi connectivity index (χ3n) is 3.86. The number of thiophene rings is 1. The van der Waals surface area contributed by atoms with Crippen LogP contribution in [0.2, 0.25) is 0 Å². The molecule has 1 aromatic carbocycles. The number of benzene rings is 1. The van der Waals surface area contributed by atoms with E-state index in [4.69, 9.17) is 5.11 Å². The molecular formula is C16H17NO3S2. The van der Waals surface area contributed by atoms with Crippen molar-refractivity contribution in [1.29, 1.82) is 0 Å². The molecule has 1 aromatic heterocycles. The van der Waals surface area contributed by atoms with Crippen LogP contribution in [0.4, 0.5) is 0 Å². The van der Waals surface area contributed by atoms with Crippen LogP contribution in [0.25, 0.3) is 10.1 Å². The molecule has 116 valence electrons. The van der Waals surface area contributed by atoms with Gasteiger partial charge < -0.3 is 10.0 Å². The average molecular weight is 335 g/mol. The van der Waals surface area contributed by atoms with Gasteiger partial charge in [-0.2, -0.15) is 11.8 Å². The number of thioether (sulfide) groups is 1. The number of carboxylic acids is 1. The first kappa shape index (κ1) is 15.4. The maximum Gasteiger partial charge on any atom is 0.305 e. The lowest BCUT2D eigenvalue weighted by Gasteiger charge is -2.34. The average Bonchev–Trinajstić information content (AvgIpc) is 2.90. The molecule has 22 heavy (non-hydrogen) atoms. The van der Waals surface area contributed by atoms with Gasteiger partial charge in [-0.15, -0.1) is 11.3 Å². The Morgan fingerprint density at radius 3 is 2.95 bits per heavy atom. The Balaban J connectivity index is 1.76. The molecule has 4 nitrogen and oxygen atoms in total. The summed E-state index contributed by atoms with van der Waals surface area (Å²) in [6, 6.07) is 7.88. The quantitative estimate of drug-likeness (QED) is 0.933. The van der Waals surface area contributed by atoms with Crippen molar-refractivity contribution in [1.82, 2.24) is 4.90 Å². The van der Waals surface area contributed by atoms with E-state index in [1.807, 2.05) is 23.6 Å². The normalized spacial score (nSPS) is 18.5. The van der Waals surface area contributed by atoms with Crippen LogP contribution in [-0.4, -0.2) is 46.0 Å². The lowest BCUT2D eigenvalue weighted by Crippen LogP contribution is -2.47. The van der Waals surface area contributed by atoms with Gasteiger partial charge in [-0.05, 0) is 22.4 Å². The molecule has 1 unspecified atom stereocenters. The molecule has 0 spiro atoms. The van der Waals surface area contributed by atoms with E-state index in [2.05, 4.69) is 6.07 Å². The van der Waals surface area contributed by atoms with Gasteiger partial charge in [0.1, 0.15) is 0 Å². The highest BCUT2D eigenvalue weighted by atomic mass is 32.2. The van der Waals surface area contributed by atoms with E-state index < -0.39 is 5.97 Å². The Kier molecular flexibility index (Phi) is 4.69. The molecule has 1 aliphatic rings. The molecule has 1 saturated heterocycles. The Bertz CT molecular complexity index is 698. The topological polar surface area (TPSA) is 57.6 Å². The third-order valence-corrected chi connectivity index (χ3v) is 5.96. The Labute approximate surface area is 137 Å². The van der Waals surface area contributed by atoms with Crippen LogP contribution in [0, 0.1) is 0 Å². The molecular weight excluding hydrogens is 318 g/mol. The molecule has 3 rings (SSSR count). The van der Waals surface area contributed by atoms with E-state index in [-0.39, 0.29) is 18.4 Å². The number of hydrogen-bond donors (Lipinski definition) is 1. The minimum absolute atomic E-state index is 0.0309. The molecule has 2 aromatic rings. The molecule has 1 fully saturated rings. The van der Waals surface area contributed by atoms with E-state index in [1.54, 1.807) is 28.0 Å². The first-order valence-electron chi connectivity index (χ1n) is 7.19. The largest absolute Gasteiger partial charge is 0.481 e. The second-order valence-corrected chi connectivity index (χ2v) is 7.41. The van der Waals surface area contributed by atoms with Crippen LogP contribution in [0.3, 0.4) is 0 Å². The zero-order valence-corrected chi connectivity index (χ0v) is 13.7. The summed E-state index contributed by atoms with van der Waals surface area (Å²) in [7, 11) is 0. The summed E-state index contributed by atoms with van der Waals surface area (Å²) in [5, 5.41) is 12.2. The second-order valence-electron chi connectivity index (χ2n) is 5.35. The molecule has 6 heteroatoms. The van der Waals surface area contributed by atoms with Gasteiger partial charge in [0.05, 0.1) is 18.9 Å². The van der Waals surface area contributed by atoms with E-state index in [1.165, 1.54) is 4.70 Å². The van der Waals surface area contributed by atoms with E-state index >= 15 is 0 Å². The van der Waals surface area contributed by atoms with Crippen LogP contribution in [-0.2, 0) is 16.0 Å². The molecule has 0 aliphatic carbocycles. The predicted molar refractivity (Wildman–Crippen MR) is 90.6 cm³/mol. The number of fused-ring (bicyclic) bond motifs is 1. The summed E-state index contributed by atoms with van der Waals surface area (Å²) >= 11 is 3.37. The zero-order valence-electron chi connectivity index (χ0n) is 12.0. The maximum absolute atomic E-state index is 12.6. The number of rotatable bonds is 4. The Morgan fingerprint density at radius 1 is 1.32 bits per heavy atom. The van der Waals surface area contributed by atoms with Crippen molar-refractivity contribution in [3.63, 3.8) is 0 Å². The summed E-state index contributed by atoms with van der Waals surface area (Å²) in [5.41, 5.74) is 1.04. The standard InChI is InChI=1S/C16H17NO3S2/c18-15(17-5-6-21-10-12(17)8-16(19)20)7-11-9-22-14-4-2-1-3-13(11)14/h1-4,9,12H,5-8,10H2,(H,19,20). The van der Waals surface area contributed by atoms with Gasteiger partial charge in [0.25, 0.3) is 0 Å². The minimum atomic E-state index is -0.841. The highest BCUT2D eigenvalue weighted by Crippen LogP contribution is 2.27. The van der Waals surface area contributed by atoms with Gasteiger partial charge in [0.2, 0.25) is 5.91 Å². The fourth-order valence-electron chi connectivity index (χ4n) is 2.79. The molecule has 0 saturated carbocycles. The van der Waals surface area contributed by atoms with Crippen LogP contribution in [0.5, 0.6) is 0 Å². The van der Waals surface area contributed by atoms with Gasteiger partial charge in [-0.1, -0.05) is 18.2 Å².